The SMILES string of the molecule is COc1cccc(CN(C(=O)CN(c2ccccc2)S(=O)(=O)c2ccc(Cl)cc2)[C@@H](C)C(=O)NC2CCCC2)c1. The monoisotopic (exact) mass is 583 g/mol. The molecule has 40 heavy (non-hydrogen) atoms. The summed E-state index contributed by atoms with van der Waals surface area (Å²) in [5.74, 6) is -0.169. The third-order valence-corrected chi connectivity index (χ3v) is 9.12. The minimum atomic E-state index is -4.14. The number of halogens is 1. The maximum Gasteiger partial charge on any atom is 0.264 e. The Balaban J connectivity index is 1.67. The number of para-hydroxylation sites is 1. The van der Waals surface area contributed by atoms with Crippen molar-refractivity contribution in [2.75, 3.05) is 18.0 Å². The van der Waals surface area contributed by atoms with E-state index in [1.807, 2.05) is 6.07 Å². The van der Waals surface area contributed by atoms with Crippen molar-refractivity contribution in [3.8, 4) is 5.75 Å². The van der Waals surface area contributed by atoms with Crippen LogP contribution in [0, 0.1) is 0 Å². The molecule has 0 unspecified atom stereocenters. The van der Waals surface area contributed by atoms with Gasteiger partial charge in [-0.2, -0.15) is 0 Å². The first-order valence-corrected chi connectivity index (χ1v) is 15.1. The normalized spacial score (nSPS) is 14.4. The van der Waals surface area contributed by atoms with E-state index >= 15 is 0 Å². The maximum atomic E-state index is 14.0. The lowest BCUT2D eigenvalue weighted by Crippen LogP contribution is -2.52. The molecule has 1 fully saturated rings. The lowest BCUT2D eigenvalue weighted by Gasteiger charge is -2.32. The third kappa shape index (κ3) is 7.14. The molecule has 0 heterocycles. The van der Waals surface area contributed by atoms with Crippen LogP contribution < -0.4 is 14.4 Å². The van der Waals surface area contributed by atoms with Crippen LogP contribution in [0.4, 0.5) is 5.69 Å². The Morgan fingerprint density at radius 2 is 1.68 bits per heavy atom. The van der Waals surface area contributed by atoms with E-state index in [1.165, 1.54) is 29.2 Å². The van der Waals surface area contributed by atoms with Crippen LogP contribution in [0.3, 0.4) is 0 Å². The molecule has 1 aliphatic carbocycles. The smallest absolute Gasteiger partial charge is 0.264 e. The van der Waals surface area contributed by atoms with Gasteiger partial charge in [0.1, 0.15) is 18.3 Å². The molecule has 1 aliphatic rings. The highest BCUT2D eigenvalue weighted by atomic mass is 35.5. The van der Waals surface area contributed by atoms with Gasteiger partial charge in [-0.05, 0) is 73.9 Å². The quantitative estimate of drug-likeness (QED) is 0.342. The average Bonchev–Trinajstić information content (AvgIpc) is 3.48. The second kappa shape index (κ2) is 13.2. The molecule has 8 nitrogen and oxygen atoms in total. The van der Waals surface area contributed by atoms with E-state index < -0.39 is 28.5 Å². The molecule has 3 aromatic carbocycles. The van der Waals surface area contributed by atoms with E-state index in [-0.39, 0.29) is 23.4 Å². The third-order valence-electron chi connectivity index (χ3n) is 7.08. The summed E-state index contributed by atoms with van der Waals surface area (Å²) in [6.45, 7) is 1.27. The fraction of sp³-hybridized carbons (Fsp3) is 0.333. The summed E-state index contributed by atoms with van der Waals surface area (Å²) in [4.78, 5) is 28.7. The fourth-order valence-electron chi connectivity index (χ4n) is 4.80. The van der Waals surface area contributed by atoms with Crippen molar-refractivity contribution in [2.24, 2.45) is 0 Å². The molecule has 0 saturated heterocycles. The van der Waals surface area contributed by atoms with Gasteiger partial charge >= 0.3 is 0 Å². The van der Waals surface area contributed by atoms with E-state index in [1.54, 1.807) is 62.6 Å². The molecule has 1 N–H and O–H groups in total. The van der Waals surface area contributed by atoms with Crippen LogP contribution in [0.1, 0.15) is 38.2 Å². The average molecular weight is 584 g/mol. The highest BCUT2D eigenvalue weighted by Crippen LogP contribution is 2.26. The molecule has 0 spiro atoms. The molecule has 4 rings (SSSR count). The fourth-order valence-corrected chi connectivity index (χ4v) is 6.34. The number of carbonyl (C=O) groups excluding carboxylic acids is 2. The number of methoxy groups -OCH3 is 1. The number of ether oxygens (including phenoxy) is 1. The van der Waals surface area contributed by atoms with Crippen molar-refractivity contribution >= 4 is 39.1 Å². The number of nitrogens with zero attached hydrogens (tertiary/aromatic N) is 2. The molecule has 0 radical (unpaired) electrons. The molecule has 1 saturated carbocycles. The van der Waals surface area contributed by atoms with Gasteiger partial charge in [0, 0.05) is 17.6 Å². The number of rotatable bonds is 11. The van der Waals surface area contributed by atoms with E-state index in [0.717, 1.165) is 35.6 Å². The maximum absolute atomic E-state index is 14.0. The van der Waals surface area contributed by atoms with Crippen molar-refractivity contribution in [1.29, 1.82) is 0 Å². The number of sulfonamides is 1. The van der Waals surface area contributed by atoms with Crippen molar-refractivity contribution in [3.63, 3.8) is 0 Å². The predicted octanol–water partition coefficient (Wildman–Crippen LogP) is 5.02. The van der Waals surface area contributed by atoms with E-state index in [0.29, 0.717) is 16.5 Å². The van der Waals surface area contributed by atoms with Crippen LogP contribution in [0.25, 0.3) is 0 Å². The zero-order valence-corrected chi connectivity index (χ0v) is 24.2. The number of benzene rings is 3. The molecule has 2 amide bonds. The van der Waals surface area contributed by atoms with Gasteiger partial charge in [-0.15, -0.1) is 0 Å². The first-order valence-electron chi connectivity index (χ1n) is 13.2. The number of hydrogen-bond donors (Lipinski definition) is 1. The second-order valence-electron chi connectivity index (χ2n) is 9.84. The summed E-state index contributed by atoms with van der Waals surface area (Å²) in [5, 5.41) is 3.46. The Kier molecular flexibility index (Phi) is 9.71. The molecule has 3 aromatic rings. The van der Waals surface area contributed by atoms with Crippen LogP contribution in [0.5, 0.6) is 5.75 Å². The lowest BCUT2D eigenvalue weighted by molar-refractivity contribution is -0.139. The predicted molar refractivity (Wildman–Crippen MR) is 156 cm³/mol. The van der Waals surface area contributed by atoms with Gasteiger partial charge in [-0.1, -0.05) is 54.8 Å². The highest BCUT2D eigenvalue weighted by Gasteiger charge is 2.33. The van der Waals surface area contributed by atoms with Crippen molar-refractivity contribution in [2.45, 2.75) is 56.1 Å². The topological polar surface area (TPSA) is 96.0 Å². The van der Waals surface area contributed by atoms with Crippen LogP contribution in [0.2, 0.25) is 5.02 Å². The minimum absolute atomic E-state index is 0.0000706. The summed E-state index contributed by atoms with van der Waals surface area (Å²) in [7, 11) is -2.59. The van der Waals surface area contributed by atoms with Crippen LogP contribution in [0.15, 0.2) is 83.8 Å². The van der Waals surface area contributed by atoms with Gasteiger partial charge in [0.05, 0.1) is 17.7 Å². The number of amides is 2. The summed E-state index contributed by atoms with van der Waals surface area (Å²) in [6, 6.07) is 20.7. The molecule has 0 aromatic heterocycles. The zero-order chi connectivity index (χ0) is 28.7. The number of nitrogens with one attached hydrogen (secondary N) is 1. The van der Waals surface area contributed by atoms with Gasteiger partial charge in [-0.25, -0.2) is 8.42 Å². The molecule has 212 valence electrons. The lowest BCUT2D eigenvalue weighted by atomic mass is 10.1. The van der Waals surface area contributed by atoms with Gasteiger partial charge in [0.2, 0.25) is 11.8 Å². The highest BCUT2D eigenvalue weighted by molar-refractivity contribution is 7.92. The first kappa shape index (κ1) is 29.4. The largest absolute Gasteiger partial charge is 0.497 e. The Bertz CT molecular complexity index is 1410. The van der Waals surface area contributed by atoms with E-state index in [4.69, 9.17) is 16.3 Å². The number of carbonyl (C=O) groups is 2. The summed E-state index contributed by atoms with van der Waals surface area (Å²) in [6.07, 6.45) is 3.92. The molecular formula is C30H34ClN3O5S. The van der Waals surface area contributed by atoms with Crippen molar-refractivity contribution in [1.82, 2.24) is 10.2 Å². The van der Waals surface area contributed by atoms with Crippen molar-refractivity contribution < 1.29 is 22.7 Å². The van der Waals surface area contributed by atoms with Crippen LogP contribution >= 0.6 is 11.6 Å². The molecule has 10 heteroatoms. The zero-order valence-electron chi connectivity index (χ0n) is 22.6. The molecule has 0 bridgehead atoms. The van der Waals surface area contributed by atoms with Crippen molar-refractivity contribution in [3.05, 3.63) is 89.4 Å². The van der Waals surface area contributed by atoms with E-state index in [2.05, 4.69) is 5.32 Å². The summed E-state index contributed by atoms with van der Waals surface area (Å²) < 4.78 is 34.0. The van der Waals surface area contributed by atoms with Crippen LogP contribution in [-0.4, -0.2) is 50.9 Å². The number of anilines is 1. The standard InChI is InChI=1S/C30H34ClN3O5S/c1-22(30(36)32-25-10-6-7-11-25)33(20-23-9-8-14-27(19-23)39-2)29(35)21-34(26-12-4-3-5-13-26)40(37,38)28-17-15-24(31)16-18-28/h3-5,8-9,12-19,22,25H,6-7,10-11,20-21H2,1-2H3,(H,32,36)/t22-/m0/s1. The van der Waals surface area contributed by atoms with E-state index in [9.17, 15) is 18.0 Å². The Morgan fingerprint density at radius 3 is 2.33 bits per heavy atom. The Labute approximate surface area is 240 Å². The van der Waals surface area contributed by atoms with Gasteiger partial charge in [-0.3, -0.25) is 13.9 Å². The molecular weight excluding hydrogens is 550 g/mol. The summed E-state index contributed by atoms with van der Waals surface area (Å²) >= 11 is 5.99. The van der Waals surface area contributed by atoms with Gasteiger partial charge < -0.3 is 15.0 Å². The molecule has 1 atom stereocenters. The number of hydrogen-bond acceptors (Lipinski definition) is 5. The Hall–Kier alpha value is -3.56. The van der Waals surface area contributed by atoms with Gasteiger partial charge in [0.25, 0.3) is 10.0 Å². The van der Waals surface area contributed by atoms with Gasteiger partial charge in [0.15, 0.2) is 0 Å². The summed E-state index contributed by atoms with van der Waals surface area (Å²) in [5.41, 5.74) is 1.08. The Morgan fingerprint density at radius 1 is 1.00 bits per heavy atom. The minimum Gasteiger partial charge on any atom is -0.497 e. The second-order valence-corrected chi connectivity index (χ2v) is 12.1. The molecule has 0 aliphatic heterocycles. The van der Waals surface area contributed by atoms with Crippen LogP contribution in [-0.2, 0) is 26.2 Å². The first-order chi connectivity index (χ1) is 19.2.